The number of nitrogen functional groups attached to an aromatic ring is 1. The summed E-state index contributed by atoms with van der Waals surface area (Å²) in [5.41, 5.74) is 7.79. The third-order valence-electron chi connectivity index (χ3n) is 11.8. The molecule has 3 amide bonds. The lowest BCUT2D eigenvalue weighted by molar-refractivity contribution is -0.149. The van der Waals surface area contributed by atoms with Gasteiger partial charge in [0, 0.05) is 54.5 Å². The van der Waals surface area contributed by atoms with Crippen LogP contribution in [0.2, 0.25) is 18.6 Å². The molecule has 0 unspecified atom stereocenters. The highest BCUT2D eigenvalue weighted by Crippen LogP contribution is 2.60. The number of nitrogens with zero attached hydrogens (tertiary/aromatic N) is 2. The van der Waals surface area contributed by atoms with E-state index in [9.17, 15) is 19.5 Å². The molecule has 0 aromatic heterocycles. The van der Waals surface area contributed by atoms with Crippen LogP contribution in [0.5, 0.6) is 5.75 Å². The Morgan fingerprint density at radius 2 is 1.67 bits per heavy atom. The van der Waals surface area contributed by atoms with Crippen molar-refractivity contribution in [2.24, 2.45) is 5.92 Å². The third kappa shape index (κ3) is 8.52. The maximum absolute atomic E-state index is 15.3. The summed E-state index contributed by atoms with van der Waals surface area (Å²) in [7, 11) is 0.372. The van der Waals surface area contributed by atoms with E-state index in [1.165, 1.54) is 7.11 Å². The first-order valence-electron chi connectivity index (χ1n) is 19.8. The highest BCUT2D eigenvalue weighted by molar-refractivity contribution is 6.91. The van der Waals surface area contributed by atoms with Crippen LogP contribution < -0.4 is 25.9 Å². The van der Waals surface area contributed by atoms with Gasteiger partial charge in [-0.1, -0.05) is 67.7 Å². The number of aliphatic hydroxyl groups is 1. The molecule has 0 radical (unpaired) electrons. The second-order valence-electron chi connectivity index (χ2n) is 15.7. The van der Waals surface area contributed by atoms with Crippen LogP contribution >= 0.6 is 0 Å². The minimum absolute atomic E-state index is 0.00845. The molecule has 0 aliphatic carbocycles. The summed E-state index contributed by atoms with van der Waals surface area (Å²) in [5.74, 6) is -0.775. The van der Waals surface area contributed by atoms with Crippen LogP contribution in [-0.2, 0) is 36.0 Å². The average Bonchev–Trinajstić information content (AvgIpc) is 3.65. The molecule has 4 N–H and O–H groups in total. The van der Waals surface area contributed by atoms with Crippen LogP contribution in [0.3, 0.4) is 0 Å². The maximum Gasteiger partial charge on any atom is 0.305 e. The number of carbonyl (C=O) groups excluding carboxylic acids is 4. The van der Waals surface area contributed by atoms with Crippen LogP contribution in [-0.4, -0.2) is 81.8 Å². The second-order valence-corrected chi connectivity index (χ2v) is 20.4. The van der Waals surface area contributed by atoms with Crippen LogP contribution in [0.1, 0.15) is 54.1 Å². The molecule has 4 aromatic carbocycles. The molecule has 0 saturated carbocycles. The van der Waals surface area contributed by atoms with E-state index < -0.39 is 25.7 Å². The van der Waals surface area contributed by atoms with Gasteiger partial charge in [0.15, 0.2) is 5.60 Å². The van der Waals surface area contributed by atoms with E-state index >= 15 is 4.79 Å². The average molecular weight is 807 g/mol. The second kappa shape index (κ2) is 18.0. The fourth-order valence-corrected chi connectivity index (χ4v) is 12.8. The SMILES string of the molecule is COC(=O)CCCCN1C(=O)[C@]2(O[C@H](CC(=O)N(CCO)Cc3ccccc3)[C@@H]([Si](C)(C)c3ccc(OC)cc3)[C@@H]2C)c2cc(NC(=O)c3ccc(N)cc3)ccc21. The van der Waals surface area contributed by atoms with E-state index in [0.29, 0.717) is 54.1 Å². The van der Waals surface area contributed by atoms with Crippen molar-refractivity contribution in [1.29, 1.82) is 0 Å². The molecular weight excluding hydrogens is 753 g/mol. The summed E-state index contributed by atoms with van der Waals surface area (Å²) in [6, 6.07) is 29.7. The molecule has 1 saturated heterocycles. The summed E-state index contributed by atoms with van der Waals surface area (Å²) >= 11 is 0. The Bertz CT molecular complexity index is 2100. The van der Waals surface area contributed by atoms with Gasteiger partial charge >= 0.3 is 5.97 Å². The first kappa shape index (κ1) is 42.1. The predicted octanol–water partition coefficient (Wildman–Crippen LogP) is 5.85. The van der Waals surface area contributed by atoms with Gasteiger partial charge in [0.25, 0.3) is 11.8 Å². The first-order chi connectivity index (χ1) is 27.8. The number of ether oxygens (including phenoxy) is 3. The number of amides is 3. The molecule has 4 aromatic rings. The monoisotopic (exact) mass is 806 g/mol. The molecule has 13 heteroatoms. The van der Waals surface area contributed by atoms with Crippen molar-refractivity contribution in [2.75, 3.05) is 49.9 Å². The van der Waals surface area contributed by atoms with Gasteiger partial charge in [-0.3, -0.25) is 19.2 Å². The molecular formula is C45H54N4O8Si. The van der Waals surface area contributed by atoms with Gasteiger partial charge in [0.05, 0.1) is 47.1 Å². The molecule has 1 fully saturated rings. The number of nitrogens with one attached hydrogen (secondary N) is 1. The molecule has 0 bridgehead atoms. The Hall–Kier alpha value is -5.50. The topological polar surface area (TPSA) is 161 Å². The Kier molecular flexibility index (Phi) is 13.0. The number of methoxy groups -OCH3 is 2. The lowest BCUT2D eigenvalue weighted by Crippen LogP contribution is -2.52. The number of rotatable bonds is 16. The third-order valence-corrected chi connectivity index (χ3v) is 16.2. The van der Waals surface area contributed by atoms with Gasteiger partial charge in [-0.25, -0.2) is 0 Å². The van der Waals surface area contributed by atoms with Crippen LogP contribution in [0.15, 0.2) is 97.1 Å². The molecule has 58 heavy (non-hydrogen) atoms. The van der Waals surface area contributed by atoms with E-state index in [-0.39, 0.29) is 55.2 Å². The zero-order valence-electron chi connectivity index (χ0n) is 33.9. The number of esters is 1. The zero-order valence-corrected chi connectivity index (χ0v) is 34.9. The molecule has 2 aliphatic heterocycles. The van der Waals surface area contributed by atoms with Crippen molar-refractivity contribution >= 4 is 54.0 Å². The van der Waals surface area contributed by atoms with Crippen molar-refractivity contribution in [2.45, 2.75) is 69.5 Å². The van der Waals surface area contributed by atoms with Crippen molar-refractivity contribution in [3.8, 4) is 5.75 Å². The summed E-state index contributed by atoms with van der Waals surface area (Å²) < 4.78 is 17.6. The smallest absolute Gasteiger partial charge is 0.305 e. The van der Waals surface area contributed by atoms with Gasteiger partial charge in [0.2, 0.25) is 5.91 Å². The van der Waals surface area contributed by atoms with Crippen molar-refractivity contribution in [3.63, 3.8) is 0 Å². The van der Waals surface area contributed by atoms with E-state index in [0.717, 1.165) is 16.5 Å². The molecule has 306 valence electrons. The lowest BCUT2D eigenvalue weighted by Gasteiger charge is -2.37. The largest absolute Gasteiger partial charge is 0.497 e. The molecule has 12 nitrogen and oxygen atoms in total. The normalized spacial score (nSPS) is 19.9. The van der Waals surface area contributed by atoms with E-state index in [2.05, 4.69) is 30.5 Å². The number of nitrogens with two attached hydrogens (primary N) is 1. The fraction of sp³-hybridized carbons (Fsp3) is 0.378. The molecule has 1 spiro atoms. The van der Waals surface area contributed by atoms with Crippen molar-refractivity contribution in [1.82, 2.24) is 4.90 Å². The highest BCUT2D eigenvalue weighted by atomic mass is 28.3. The van der Waals surface area contributed by atoms with Gasteiger partial charge in [-0.05, 0) is 78.5 Å². The molecule has 6 rings (SSSR count). The fourth-order valence-electron chi connectivity index (χ4n) is 8.81. The number of anilines is 3. The van der Waals surface area contributed by atoms with Crippen LogP contribution in [0.25, 0.3) is 0 Å². The summed E-state index contributed by atoms with van der Waals surface area (Å²) in [5, 5.41) is 14.2. The van der Waals surface area contributed by atoms with E-state index in [1.54, 1.807) is 47.2 Å². The predicted molar refractivity (Wildman–Crippen MR) is 227 cm³/mol. The minimum atomic E-state index is -2.61. The van der Waals surface area contributed by atoms with Gasteiger partial charge in [-0.2, -0.15) is 0 Å². The summed E-state index contributed by atoms with van der Waals surface area (Å²) in [6.07, 6.45) is 0.594. The Morgan fingerprint density at radius 1 is 0.966 bits per heavy atom. The van der Waals surface area contributed by atoms with Gasteiger partial charge in [0.1, 0.15) is 5.75 Å². The summed E-state index contributed by atoms with van der Waals surface area (Å²) in [6.45, 7) is 7.12. The van der Waals surface area contributed by atoms with Gasteiger partial charge in [-0.15, -0.1) is 0 Å². The van der Waals surface area contributed by atoms with E-state index in [4.69, 9.17) is 19.9 Å². The van der Waals surface area contributed by atoms with Crippen LogP contribution in [0.4, 0.5) is 17.1 Å². The first-order valence-corrected chi connectivity index (χ1v) is 22.9. The quantitative estimate of drug-likeness (QED) is 0.0547. The standard InChI is InChI=1S/C45H54N4O8Si/c1-30-42(58(4,5)36-21-19-35(55-2)20-22-36)39(28-40(51)48(25-26-50)29-31-11-7-6-8-12-31)57-45(30)37-27-34(47-43(53)32-14-16-33(46)17-15-32)18-23-38(37)49(44(45)54)24-10-9-13-41(52)56-3/h6-8,11-12,14-23,27,30,39,42,50H,9-10,13,24-26,28-29,46H2,1-5H3,(H,47,53)/t30-,39+,42-,45+/m0/s1. The Balaban J connectivity index is 1.42. The number of unbranched alkanes of at least 4 members (excludes halogenated alkanes) is 1. The lowest BCUT2D eigenvalue weighted by atomic mass is 9.82. The maximum atomic E-state index is 15.3. The number of fused-ring (bicyclic) bond motifs is 2. The Labute approximate surface area is 341 Å². The molecule has 4 atom stereocenters. The van der Waals surface area contributed by atoms with Crippen LogP contribution in [0, 0.1) is 5.92 Å². The minimum Gasteiger partial charge on any atom is -0.497 e. The number of carbonyl (C=O) groups is 4. The number of hydrogen-bond acceptors (Lipinski definition) is 9. The van der Waals surface area contributed by atoms with Crippen molar-refractivity contribution in [3.05, 3.63) is 114 Å². The summed E-state index contributed by atoms with van der Waals surface area (Å²) in [4.78, 5) is 58.4. The molecule has 2 heterocycles. The number of benzene rings is 4. The van der Waals surface area contributed by atoms with Gasteiger partial charge < -0.3 is 40.2 Å². The highest BCUT2D eigenvalue weighted by Gasteiger charge is 2.66. The van der Waals surface area contributed by atoms with E-state index in [1.807, 2.05) is 61.5 Å². The Morgan fingerprint density at radius 3 is 2.33 bits per heavy atom. The van der Waals surface area contributed by atoms with Crippen molar-refractivity contribution < 1.29 is 38.5 Å². The zero-order chi connectivity index (χ0) is 41.6. The molecule has 2 aliphatic rings. The number of aliphatic hydroxyl groups excluding tert-OH is 1. The number of hydrogen-bond donors (Lipinski definition) is 3.